The van der Waals surface area contributed by atoms with Crippen LogP contribution in [0, 0.1) is 10.1 Å². The van der Waals surface area contributed by atoms with E-state index in [-0.39, 0.29) is 30.2 Å². The lowest BCUT2D eigenvalue weighted by Gasteiger charge is -2.15. The number of nitrogens with zero attached hydrogens (tertiary/aromatic N) is 5. The zero-order chi connectivity index (χ0) is 22.1. The summed E-state index contributed by atoms with van der Waals surface area (Å²) >= 11 is 0. The molecule has 1 amide bonds. The number of methoxy groups -OCH3 is 1. The summed E-state index contributed by atoms with van der Waals surface area (Å²) in [4.78, 5) is 22.7. The van der Waals surface area contributed by atoms with Crippen molar-refractivity contribution in [3.63, 3.8) is 0 Å². The van der Waals surface area contributed by atoms with E-state index >= 15 is 0 Å². The second-order valence-corrected chi connectivity index (χ2v) is 6.93. The molecule has 0 saturated carbocycles. The van der Waals surface area contributed by atoms with Crippen LogP contribution >= 0.6 is 0 Å². The summed E-state index contributed by atoms with van der Waals surface area (Å²) in [5.74, 6) is -0.560. The minimum absolute atomic E-state index is 0.106. The zero-order valence-electron chi connectivity index (χ0n) is 16.4. The Morgan fingerprint density at radius 2 is 2.13 bits per heavy atom. The van der Waals surface area contributed by atoms with Crippen molar-refractivity contribution in [3.8, 4) is 5.88 Å². The van der Waals surface area contributed by atoms with E-state index in [4.69, 9.17) is 4.74 Å². The number of alkyl halides is 3. The van der Waals surface area contributed by atoms with Gasteiger partial charge in [0.1, 0.15) is 12.2 Å². The zero-order valence-corrected chi connectivity index (χ0v) is 16.4. The Kier molecular flexibility index (Phi) is 5.99. The van der Waals surface area contributed by atoms with E-state index in [1.165, 1.54) is 29.6 Å². The Labute approximate surface area is 169 Å². The van der Waals surface area contributed by atoms with Gasteiger partial charge < -0.3 is 10.1 Å². The Morgan fingerprint density at radius 3 is 2.73 bits per heavy atom. The molecule has 0 saturated heterocycles. The van der Waals surface area contributed by atoms with Crippen LogP contribution in [0.4, 0.5) is 18.9 Å². The van der Waals surface area contributed by atoms with Crippen molar-refractivity contribution >= 4 is 11.6 Å². The van der Waals surface area contributed by atoms with Gasteiger partial charge >= 0.3 is 17.7 Å². The van der Waals surface area contributed by atoms with Crippen molar-refractivity contribution in [2.24, 2.45) is 0 Å². The first-order chi connectivity index (χ1) is 14.1. The number of halogens is 3. The normalized spacial score (nSPS) is 14.4. The van der Waals surface area contributed by atoms with E-state index in [9.17, 15) is 28.1 Å². The molecule has 2 aromatic heterocycles. The molecule has 0 radical (unpaired) electrons. The fraction of sp³-hybridized carbons (Fsp3) is 0.588. The lowest BCUT2D eigenvalue weighted by Crippen LogP contribution is -2.33. The van der Waals surface area contributed by atoms with Gasteiger partial charge in [0.25, 0.3) is 0 Å². The molecule has 1 aliphatic carbocycles. The minimum Gasteiger partial charge on any atom is -0.475 e. The van der Waals surface area contributed by atoms with Gasteiger partial charge in [-0.15, -0.1) is 5.10 Å². The fourth-order valence-corrected chi connectivity index (χ4v) is 3.50. The Balaban J connectivity index is 1.58. The van der Waals surface area contributed by atoms with E-state index in [2.05, 4.69) is 15.5 Å². The predicted octanol–water partition coefficient (Wildman–Crippen LogP) is 2.27. The Morgan fingerprint density at radius 1 is 1.40 bits per heavy atom. The summed E-state index contributed by atoms with van der Waals surface area (Å²) in [7, 11) is 1.28. The van der Waals surface area contributed by atoms with Gasteiger partial charge in [0.15, 0.2) is 5.69 Å². The summed E-state index contributed by atoms with van der Waals surface area (Å²) in [6.45, 7) is 2.01. The molecule has 2 aromatic rings. The van der Waals surface area contributed by atoms with E-state index < -0.39 is 28.7 Å². The number of carbonyl (C=O) groups is 1. The minimum atomic E-state index is -4.55. The van der Waals surface area contributed by atoms with Crippen LogP contribution < -0.4 is 10.1 Å². The van der Waals surface area contributed by atoms with Gasteiger partial charge in [-0.2, -0.15) is 18.3 Å². The summed E-state index contributed by atoms with van der Waals surface area (Å²) < 4.78 is 46.9. The molecule has 0 fully saturated rings. The number of fused-ring (bicyclic) bond motifs is 1. The highest BCUT2D eigenvalue weighted by Crippen LogP contribution is 2.37. The number of nitro groups is 1. The first-order valence-electron chi connectivity index (χ1n) is 9.34. The molecule has 13 heteroatoms. The number of amides is 1. The van der Waals surface area contributed by atoms with Crippen LogP contribution in [-0.4, -0.2) is 44.0 Å². The quantitative estimate of drug-likeness (QED) is 0.390. The smallest absolute Gasteiger partial charge is 0.435 e. The fourth-order valence-electron chi connectivity index (χ4n) is 3.50. The third-order valence-corrected chi connectivity index (χ3v) is 4.94. The van der Waals surface area contributed by atoms with Crippen LogP contribution in [0.5, 0.6) is 5.88 Å². The predicted molar refractivity (Wildman–Crippen MR) is 97.0 cm³/mol. The lowest BCUT2D eigenvalue weighted by molar-refractivity contribution is -0.385. The highest BCUT2D eigenvalue weighted by atomic mass is 19.4. The van der Waals surface area contributed by atoms with Crippen LogP contribution in [0.15, 0.2) is 6.20 Å². The van der Waals surface area contributed by atoms with Crippen molar-refractivity contribution < 1.29 is 27.6 Å². The molecule has 1 aliphatic rings. The van der Waals surface area contributed by atoms with Crippen molar-refractivity contribution in [3.05, 3.63) is 33.3 Å². The molecule has 0 bridgehead atoms. The number of ether oxygens (including phenoxy) is 1. The maximum absolute atomic E-state index is 13.2. The Bertz CT molecular complexity index is 952. The number of aryl methyl sites for hydroxylation is 1. The van der Waals surface area contributed by atoms with Crippen LogP contribution in [-0.2, 0) is 30.4 Å². The number of carbonyl (C=O) groups excluding carboxylic acids is 1. The molecule has 0 aliphatic heterocycles. The van der Waals surface area contributed by atoms with Crippen LogP contribution in [0.3, 0.4) is 0 Å². The summed E-state index contributed by atoms with van der Waals surface area (Å²) in [6, 6.07) is -0.890. The van der Waals surface area contributed by atoms with E-state index in [0.29, 0.717) is 31.4 Å². The highest BCUT2D eigenvalue weighted by Gasteiger charge is 2.41. The van der Waals surface area contributed by atoms with Gasteiger partial charge in [-0.25, -0.2) is 0 Å². The van der Waals surface area contributed by atoms with Gasteiger partial charge in [0, 0.05) is 24.3 Å². The van der Waals surface area contributed by atoms with Crippen molar-refractivity contribution in [1.29, 1.82) is 0 Å². The van der Waals surface area contributed by atoms with Crippen LogP contribution in [0.25, 0.3) is 0 Å². The van der Waals surface area contributed by atoms with Gasteiger partial charge in [-0.05, 0) is 32.6 Å². The molecule has 2 heterocycles. The van der Waals surface area contributed by atoms with Crippen molar-refractivity contribution in [2.45, 2.75) is 51.4 Å². The molecule has 1 N–H and O–H groups in total. The second kappa shape index (κ2) is 8.32. The molecule has 1 atom stereocenters. The number of hydrogen-bond donors (Lipinski definition) is 1. The number of aromatic nitrogens is 4. The summed E-state index contributed by atoms with van der Waals surface area (Å²) in [5, 5.41) is 21.2. The van der Waals surface area contributed by atoms with E-state index in [1.807, 2.05) is 0 Å². The average molecular weight is 430 g/mol. The molecule has 10 nitrogen and oxygen atoms in total. The SMILES string of the molecule is COc1nn(CCCNC(=O)C(C)n2nc(C(F)(F)F)c3c2CCC3)cc1[N+](=O)[O-]. The highest BCUT2D eigenvalue weighted by molar-refractivity contribution is 5.79. The van der Waals surface area contributed by atoms with Crippen molar-refractivity contribution in [1.82, 2.24) is 24.9 Å². The van der Waals surface area contributed by atoms with Gasteiger partial charge in [0.05, 0.1) is 12.0 Å². The van der Waals surface area contributed by atoms with Crippen molar-refractivity contribution in [2.75, 3.05) is 13.7 Å². The third kappa shape index (κ3) is 4.24. The summed E-state index contributed by atoms with van der Waals surface area (Å²) in [6.07, 6.45) is -1.55. The molecular weight excluding hydrogens is 409 g/mol. The summed E-state index contributed by atoms with van der Waals surface area (Å²) in [5.41, 5.74) is -0.538. The Hall–Kier alpha value is -3.12. The molecule has 164 valence electrons. The third-order valence-electron chi connectivity index (χ3n) is 4.94. The van der Waals surface area contributed by atoms with E-state index in [1.54, 1.807) is 0 Å². The molecule has 3 rings (SSSR count). The number of nitrogens with one attached hydrogen (secondary N) is 1. The monoisotopic (exact) mass is 430 g/mol. The van der Waals surface area contributed by atoms with Crippen LogP contribution in [0.2, 0.25) is 0 Å². The maximum atomic E-state index is 13.2. The first kappa shape index (κ1) is 21.6. The molecule has 0 aromatic carbocycles. The molecule has 0 spiro atoms. The van der Waals surface area contributed by atoms with Gasteiger partial charge in [-0.3, -0.25) is 24.3 Å². The molecular formula is C17H21F3N6O4. The average Bonchev–Trinajstić information content (AvgIpc) is 3.37. The second-order valence-electron chi connectivity index (χ2n) is 6.93. The van der Waals surface area contributed by atoms with Crippen LogP contribution in [0.1, 0.15) is 42.8 Å². The topological polar surface area (TPSA) is 117 Å². The number of rotatable bonds is 8. The maximum Gasteiger partial charge on any atom is 0.435 e. The molecule has 1 unspecified atom stereocenters. The molecule has 30 heavy (non-hydrogen) atoms. The van der Waals surface area contributed by atoms with Gasteiger partial charge in [-0.1, -0.05) is 0 Å². The first-order valence-corrected chi connectivity index (χ1v) is 9.34. The van der Waals surface area contributed by atoms with E-state index in [0.717, 1.165) is 0 Å². The number of hydrogen-bond acceptors (Lipinski definition) is 6. The standard InChI is InChI=1S/C17H21F3N6O4/c1-10(25-12-6-3-5-11(12)14(22-25)17(18,19)20)15(27)21-7-4-8-24-9-13(26(28)29)16(23-24)30-2/h9-10H,3-8H2,1-2H3,(H,21,27). The lowest BCUT2D eigenvalue weighted by atomic mass is 10.2. The van der Waals surface area contributed by atoms with Gasteiger partial charge in [0.2, 0.25) is 5.91 Å². The largest absolute Gasteiger partial charge is 0.475 e.